The number of hydrogen-bond donors (Lipinski definition) is 1. The molecule has 24 heavy (non-hydrogen) atoms. The van der Waals surface area contributed by atoms with E-state index in [0.29, 0.717) is 5.69 Å². The fourth-order valence-electron chi connectivity index (χ4n) is 2.86. The summed E-state index contributed by atoms with van der Waals surface area (Å²) in [7, 11) is 1.28. The van der Waals surface area contributed by atoms with Crippen LogP contribution in [0.1, 0.15) is 34.3 Å². The molecule has 0 aliphatic carbocycles. The predicted octanol–water partition coefficient (Wildman–Crippen LogP) is 3.33. The van der Waals surface area contributed by atoms with Gasteiger partial charge in [0.25, 0.3) is 0 Å². The summed E-state index contributed by atoms with van der Waals surface area (Å²) in [6.07, 6.45) is 2.34. The van der Waals surface area contributed by atoms with Gasteiger partial charge in [-0.05, 0) is 30.7 Å². The molecule has 3 aromatic rings. The van der Waals surface area contributed by atoms with Crippen molar-refractivity contribution >= 4 is 22.6 Å². The molecule has 0 aliphatic rings. The number of aromatic nitrogens is 1. The number of ether oxygens (including phenoxy) is 1. The Hall–Kier alpha value is -3.20. The average Bonchev–Trinajstić information content (AvgIpc) is 3.10. The van der Waals surface area contributed by atoms with Crippen LogP contribution in [0.2, 0.25) is 0 Å². The van der Waals surface area contributed by atoms with Crippen molar-refractivity contribution in [1.29, 1.82) is 5.26 Å². The number of rotatable bonds is 3. The highest BCUT2D eigenvalue weighted by molar-refractivity contribution is 5.96. The molecule has 1 aromatic carbocycles. The molecule has 0 bridgehead atoms. The lowest BCUT2D eigenvalue weighted by Gasteiger charge is -2.08. The molecule has 0 amide bonds. The predicted molar refractivity (Wildman–Crippen MR) is 90.1 cm³/mol. The van der Waals surface area contributed by atoms with Crippen molar-refractivity contribution in [3.05, 3.63) is 47.0 Å². The first-order valence-electron chi connectivity index (χ1n) is 7.53. The molecule has 0 spiro atoms. The van der Waals surface area contributed by atoms with E-state index in [1.165, 1.54) is 7.11 Å². The summed E-state index contributed by atoms with van der Waals surface area (Å²) in [5.74, 6) is 0.340. The minimum atomic E-state index is -0.591. The van der Waals surface area contributed by atoms with Gasteiger partial charge in [-0.1, -0.05) is 6.92 Å². The molecule has 0 fully saturated rings. The lowest BCUT2D eigenvalue weighted by molar-refractivity contribution is 0.0593. The fourth-order valence-corrected chi connectivity index (χ4v) is 2.86. The zero-order valence-electron chi connectivity index (χ0n) is 13.7. The number of furan rings is 1. The van der Waals surface area contributed by atoms with Crippen LogP contribution in [-0.4, -0.2) is 17.6 Å². The highest BCUT2D eigenvalue weighted by atomic mass is 16.5. The van der Waals surface area contributed by atoms with Crippen LogP contribution in [0.15, 0.2) is 28.8 Å². The van der Waals surface area contributed by atoms with Gasteiger partial charge in [0, 0.05) is 23.7 Å². The number of carbonyl (C=O) groups is 1. The highest BCUT2D eigenvalue weighted by Crippen LogP contribution is 2.30. The minimum absolute atomic E-state index is 0.114. The summed E-state index contributed by atoms with van der Waals surface area (Å²) in [6, 6.07) is 7.58. The number of nitriles is 1. The summed E-state index contributed by atoms with van der Waals surface area (Å²) in [5, 5.41) is 10.2. The van der Waals surface area contributed by atoms with E-state index in [-0.39, 0.29) is 16.9 Å². The molecule has 122 valence electrons. The minimum Gasteiger partial charge on any atom is -0.464 e. The number of methoxy groups -OCH3 is 1. The quantitative estimate of drug-likeness (QED) is 0.746. The standard InChI is InChI=1S/C18H17N3O3/c1-4-14-10(2)13-7-12(5-6-15(13)24-14)21-9-11(8-19)16(20)17(21)18(22)23-3/h5-7,9H,4,20H2,1-3H3. The van der Waals surface area contributed by atoms with Gasteiger partial charge in [0.1, 0.15) is 17.4 Å². The van der Waals surface area contributed by atoms with Crippen LogP contribution in [-0.2, 0) is 11.2 Å². The third-order valence-corrected chi connectivity index (χ3v) is 4.16. The molecule has 3 rings (SSSR count). The van der Waals surface area contributed by atoms with Gasteiger partial charge in [-0.25, -0.2) is 4.79 Å². The maximum Gasteiger partial charge on any atom is 0.357 e. The Morgan fingerprint density at radius 3 is 2.83 bits per heavy atom. The Kier molecular flexibility index (Phi) is 3.78. The van der Waals surface area contributed by atoms with Crippen molar-refractivity contribution in [1.82, 2.24) is 4.57 Å². The smallest absolute Gasteiger partial charge is 0.357 e. The summed E-state index contributed by atoms with van der Waals surface area (Å²) in [5.41, 5.74) is 8.98. The second-order valence-electron chi connectivity index (χ2n) is 5.46. The molecule has 6 heteroatoms. The van der Waals surface area contributed by atoms with E-state index in [0.717, 1.165) is 28.7 Å². The Morgan fingerprint density at radius 1 is 1.46 bits per heavy atom. The van der Waals surface area contributed by atoms with Crippen molar-refractivity contribution in [3.63, 3.8) is 0 Å². The SMILES string of the molecule is CCc1oc2ccc(-n3cc(C#N)c(N)c3C(=O)OC)cc2c1C. The molecule has 2 heterocycles. The van der Waals surface area contributed by atoms with E-state index in [1.54, 1.807) is 10.8 Å². The Bertz CT molecular complexity index is 989. The van der Waals surface area contributed by atoms with Gasteiger partial charge >= 0.3 is 5.97 Å². The van der Waals surface area contributed by atoms with Crippen molar-refractivity contribution in [3.8, 4) is 11.8 Å². The molecule has 6 nitrogen and oxygen atoms in total. The Balaban J connectivity index is 2.26. The number of nitrogens with two attached hydrogens (primary N) is 1. The first kappa shape index (κ1) is 15.7. The Labute approximate surface area is 139 Å². The van der Waals surface area contributed by atoms with Gasteiger partial charge in [-0.2, -0.15) is 5.26 Å². The molecule has 0 radical (unpaired) electrons. The van der Waals surface area contributed by atoms with Crippen molar-refractivity contribution in [2.45, 2.75) is 20.3 Å². The van der Waals surface area contributed by atoms with E-state index < -0.39 is 5.97 Å². The monoisotopic (exact) mass is 323 g/mol. The zero-order valence-corrected chi connectivity index (χ0v) is 13.7. The average molecular weight is 323 g/mol. The van der Waals surface area contributed by atoms with Crippen LogP contribution in [0, 0.1) is 18.3 Å². The normalized spacial score (nSPS) is 10.8. The molecular formula is C18H17N3O3. The first-order valence-corrected chi connectivity index (χ1v) is 7.53. The van der Waals surface area contributed by atoms with Gasteiger partial charge in [0.2, 0.25) is 0 Å². The molecule has 2 aromatic heterocycles. The van der Waals surface area contributed by atoms with E-state index >= 15 is 0 Å². The van der Waals surface area contributed by atoms with Crippen molar-refractivity contribution in [2.24, 2.45) is 0 Å². The molecule has 0 aliphatic heterocycles. The molecular weight excluding hydrogens is 306 g/mol. The number of anilines is 1. The lowest BCUT2D eigenvalue weighted by atomic mass is 10.1. The van der Waals surface area contributed by atoms with Crippen LogP contribution in [0.5, 0.6) is 0 Å². The number of nitrogen functional groups attached to an aromatic ring is 1. The third-order valence-electron chi connectivity index (χ3n) is 4.16. The zero-order chi connectivity index (χ0) is 17.4. The van der Waals surface area contributed by atoms with Crippen LogP contribution in [0.25, 0.3) is 16.7 Å². The van der Waals surface area contributed by atoms with Crippen LogP contribution in [0.3, 0.4) is 0 Å². The first-order chi connectivity index (χ1) is 11.5. The number of nitrogens with zero attached hydrogens (tertiary/aromatic N) is 2. The lowest BCUT2D eigenvalue weighted by Crippen LogP contribution is -2.11. The van der Waals surface area contributed by atoms with Crippen LogP contribution >= 0.6 is 0 Å². The van der Waals surface area contributed by atoms with Crippen LogP contribution in [0.4, 0.5) is 5.69 Å². The van der Waals surface area contributed by atoms with E-state index in [2.05, 4.69) is 0 Å². The topological polar surface area (TPSA) is 94.2 Å². The largest absolute Gasteiger partial charge is 0.464 e. The van der Waals surface area contributed by atoms with Gasteiger partial charge in [-0.3, -0.25) is 0 Å². The third kappa shape index (κ3) is 2.22. The summed E-state index contributed by atoms with van der Waals surface area (Å²) >= 11 is 0. The van der Waals surface area contributed by atoms with Gasteiger partial charge in [0.15, 0.2) is 5.69 Å². The molecule has 2 N–H and O–H groups in total. The second kappa shape index (κ2) is 5.78. The number of esters is 1. The fraction of sp³-hybridized carbons (Fsp3) is 0.222. The maximum atomic E-state index is 12.1. The van der Waals surface area contributed by atoms with Crippen molar-refractivity contribution in [2.75, 3.05) is 12.8 Å². The maximum absolute atomic E-state index is 12.1. The number of carbonyl (C=O) groups excluding carboxylic acids is 1. The summed E-state index contributed by atoms with van der Waals surface area (Å²) in [4.78, 5) is 12.1. The number of aryl methyl sites for hydroxylation is 2. The molecule has 0 unspecified atom stereocenters. The van der Waals surface area contributed by atoms with Gasteiger partial charge in [0.05, 0.1) is 18.4 Å². The van der Waals surface area contributed by atoms with Crippen LogP contribution < -0.4 is 5.73 Å². The second-order valence-corrected chi connectivity index (χ2v) is 5.46. The van der Waals surface area contributed by atoms with Gasteiger partial charge in [-0.15, -0.1) is 0 Å². The summed E-state index contributed by atoms with van der Waals surface area (Å²) < 4.78 is 12.2. The van der Waals surface area contributed by atoms with Crippen molar-refractivity contribution < 1.29 is 13.9 Å². The highest BCUT2D eigenvalue weighted by Gasteiger charge is 2.22. The van der Waals surface area contributed by atoms with E-state index in [9.17, 15) is 10.1 Å². The molecule has 0 saturated heterocycles. The van der Waals surface area contributed by atoms with E-state index in [4.69, 9.17) is 14.9 Å². The van der Waals surface area contributed by atoms with Gasteiger partial charge < -0.3 is 19.5 Å². The number of benzene rings is 1. The molecule has 0 atom stereocenters. The number of hydrogen-bond acceptors (Lipinski definition) is 5. The Morgan fingerprint density at radius 2 is 2.21 bits per heavy atom. The number of fused-ring (bicyclic) bond motifs is 1. The van der Waals surface area contributed by atoms with E-state index in [1.807, 2.05) is 38.1 Å². The summed E-state index contributed by atoms with van der Waals surface area (Å²) in [6.45, 7) is 4.03. The molecule has 0 saturated carbocycles.